The molecule has 1 aliphatic rings. The molecule has 96 valence electrons. The average molecular weight is 312 g/mol. The number of fused-ring (bicyclic) bond motifs is 1. The minimum absolute atomic E-state index is 0.00215. The predicted molar refractivity (Wildman–Crippen MR) is 70.2 cm³/mol. The molecule has 3 heterocycles. The zero-order valence-electron chi connectivity index (χ0n) is 9.84. The lowest BCUT2D eigenvalue weighted by atomic mass is 10.1. The standard InChI is InChI=1S/C12H14BrN3O2/c13-11-10-5-8(7-17)6-14-12(10)16(15-11)9-1-3-18-4-2-9/h5-6,9,17H,1-4,7H2. The fourth-order valence-corrected chi connectivity index (χ4v) is 2.76. The monoisotopic (exact) mass is 311 g/mol. The van der Waals surface area contributed by atoms with E-state index in [1.165, 1.54) is 0 Å². The van der Waals surface area contributed by atoms with E-state index in [0.29, 0.717) is 6.04 Å². The molecule has 2 aromatic rings. The van der Waals surface area contributed by atoms with Gasteiger partial charge in [-0.25, -0.2) is 9.67 Å². The van der Waals surface area contributed by atoms with Gasteiger partial charge in [-0.1, -0.05) is 0 Å². The van der Waals surface area contributed by atoms with Crippen molar-refractivity contribution >= 4 is 27.0 Å². The van der Waals surface area contributed by atoms with Gasteiger partial charge in [0.2, 0.25) is 0 Å². The van der Waals surface area contributed by atoms with Gasteiger partial charge in [-0.15, -0.1) is 0 Å². The summed E-state index contributed by atoms with van der Waals surface area (Å²) in [6, 6.07) is 2.27. The third-order valence-corrected chi connectivity index (χ3v) is 3.86. The van der Waals surface area contributed by atoms with E-state index in [2.05, 4.69) is 26.0 Å². The maximum atomic E-state index is 9.14. The van der Waals surface area contributed by atoms with Crippen LogP contribution in [0.1, 0.15) is 24.4 Å². The fraction of sp³-hybridized carbons (Fsp3) is 0.500. The number of ether oxygens (including phenoxy) is 1. The summed E-state index contributed by atoms with van der Waals surface area (Å²) >= 11 is 3.46. The van der Waals surface area contributed by atoms with E-state index in [1.54, 1.807) is 6.20 Å². The topological polar surface area (TPSA) is 60.2 Å². The van der Waals surface area contributed by atoms with Crippen LogP contribution in [0.3, 0.4) is 0 Å². The Kier molecular flexibility index (Phi) is 3.32. The lowest BCUT2D eigenvalue weighted by Gasteiger charge is -2.22. The van der Waals surface area contributed by atoms with Crippen molar-refractivity contribution in [2.45, 2.75) is 25.5 Å². The zero-order chi connectivity index (χ0) is 12.5. The number of pyridine rings is 1. The maximum Gasteiger partial charge on any atom is 0.159 e. The van der Waals surface area contributed by atoms with Gasteiger partial charge in [0, 0.05) is 19.4 Å². The summed E-state index contributed by atoms with van der Waals surface area (Å²) in [7, 11) is 0. The minimum atomic E-state index is -0.00215. The summed E-state index contributed by atoms with van der Waals surface area (Å²) in [5, 5.41) is 14.6. The Balaban J connectivity index is 2.07. The zero-order valence-corrected chi connectivity index (χ0v) is 11.4. The molecule has 0 unspecified atom stereocenters. The molecule has 0 spiro atoms. The Bertz CT molecular complexity index is 564. The molecule has 0 atom stereocenters. The molecule has 0 saturated carbocycles. The molecule has 0 aliphatic carbocycles. The van der Waals surface area contributed by atoms with Crippen molar-refractivity contribution in [1.29, 1.82) is 0 Å². The van der Waals surface area contributed by atoms with Gasteiger partial charge in [-0.3, -0.25) is 0 Å². The van der Waals surface area contributed by atoms with E-state index in [4.69, 9.17) is 9.84 Å². The molecule has 3 rings (SSSR count). The van der Waals surface area contributed by atoms with Crippen LogP contribution in [-0.4, -0.2) is 33.1 Å². The van der Waals surface area contributed by atoms with E-state index >= 15 is 0 Å². The van der Waals surface area contributed by atoms with E-state index in [0.717, 1.165) is 47.3 Å². The average Bonchev–Trinajstić information content (AvgIpc) is 2.77. The molecule has 6 heteroatoms. The van der Waals surface area contributed by atoms with Crippen molar-refractivity contribution in [2.24, 2.45) is 0 Å². The van der Waals surface area contributed by atoms with E-state index in [1.807, 2.05) is 10.7 Å². The highest BCUT2D eigenvalue weighted by Crippen LogP contribution is 2.29. The normalized spacial score (nSPS) is 17.4. The number of halogens is 1. The Morgan fingerprint density at radius 3 is 2.94 bits per heavy atom. The number of hydrogen-bond donors (Lipinski definition) is 1. The lowest BCUT2D eigenvalue weighted by Crippen LogP contribution is -2.20. The van der Waals surface area contributed by atoms with Crippen LogP contribution in [0.25, 0.3) is 11.0 Å². The number of nitrogens with zero attached hydrogens (tertiary/aromatic N) is 3. The minimum Gasteiger partial charge on any atom is -0.392 e. The number of aliphatic hydroxyl groups excluding tert-OH is 1. The first-order valence-corrected chi connectivity index (χ1v) is 6.80. The van der Waals surface area contributed by atoms with Gasteiger partial charge in [0.25, 0.3) is 0 Å². The van der Waals surface area contributed by atoms with Crippen LogP contribution in [0.2, 0.25) is 0 Å². The summed E-state index contributed by atoms with van der Waals surface area (Å²) < 4.78 is 8.13. The van der Waals surface area contributed by atoms with Crippen molar-refractivity contribution in [2.75, 3.05) is 13.2 Å². The van der Waals surface area contributed by atoms with Crippen LogP contribution >= 0.6 is 15.9 Å². The van der Waals surface area contributed by atoms with Crippen molar-refractivity contribution in [1.82, 2.24) is 14.8 Å². The van der Waals surface area contributed by atoms with Crippen molar-refractivity contribution < 1.29 is 9.84 Å². The van der Waals surface area contributed by atoms with Crippen LogP contribution in [0.15, 0.2) is 16.9 Å². The summed E-state index contributed by atoms with van der Waals surface area (Å²) in [5.74, 6) is 0. The summed E-state index contributed by atoms with van der Waals surface area (Å²) in [6.07, 6.45) is 3.63. The molecule has 0 bridgehead atoms. The Morgan fingerprint density at radius 1 is 1.44 bits per heavy atom. The van der Waals surface area contributed by atoms with Gasteiger partial charge in [0.05, 0.1) is 18.0 Å². The highest BCUT2D eigenvalue weighted by molar-refractivity contribution is 9.10. The maximum absolute atomic E-state index is 9.14. The molecule has 0 radical (unpaired) electrons. The molecule has 5 nitrogen and oxygen atoms in total. The Hall–Kier alpha value is -0.980. The largest absolute Gasteiger partial charge is 0.392 e. The molecule has 1 N–H and O–H groups in total. The first kappa shape index (κ1) is 12.1. The van der Waals surface area contributed by atoms with Crippen LogP contribution in [0, 0.1) is 0 Å². The van der Waals surface area contributed by atoms with Gasteiger partial charge in [-0.05, 0) is 40.4 Å². The molecule has 1 aliphatic heterocycles. The number of hydrogen-bond acceptors (Lipinski definition) is 4. The quantitative estimate of drug-likeness (QED) is 0.922. The second-order valence-electron chi connectivity index (χ2n) is 4.45. The van der Waals surface area contributed by atoms with Crippen molar-refractivity contribution in [3.05, 3.63) is 22.4 Å². The van der Waals surface area contributed by atoms with Gasteiger partial charge in [-0.2, -0.15) is 5.10 Å². The Labute approximate surface area is 113 Å². The van der Waals surface area contributed by atoms with Gasteiger partial charge >= 0.3 is 0 Å². The summed E-state index contributed by atoms with van der Waals surface area (Å²) in [5.41, 5.74) is 1.67. The number of rotatable bonds is 2. The first-order valence-electron chi connectivity index (χ1n) is 6.01. The summed E-state index contributed by atoms with van der Waals surface area (Å²) in [4.78, 5) is 4.42. The molecule has 0 aromatic carbocycles. The van der Waals surface area contributed by atoms with Crippen LogP contribution in [-0.2, 0) is 11.3 Å². The third-order valence-electron chi connectivity index (χ3n) is 3.28. The highest BCUT2D eigenvalue weighted by atomic mass is 79.9. The number of aliphatic hydroxyl groups is 1. The smallest absolute Gasteiger partial charge is 0.159 e. The molecular formula is C12H14BrN3O2. The second kappa shape index (κ2) is 4.95. The molecule has 1 fully saturated rings. The van der Waals surface area contributed by atoms with E-state index < -0.39 is 0 Å². The van der Waals surface area contributed by atoms with E-state index in [-0.39, 0.29) is 6.61 Å². The molecule has 1 saturated heterocycles. The van der Waals surface area contributed by atoms with Gasteiger partial charge in [0.1, 0.15) is 4.60 Å². The highest BCUT2D eigenvalue weighted by Gasteiger charge is 2.20. The second-order valence-corrected chi connectivity index (χ2v) is 5.20. The molecule has 2 aromatic heterocycles. The molecule has 0 amide bonds. The van der Waals surface area contributed by atoms with Gasteiger partial charge in [0.15, 0.2) is 5.65 Å². The van der Waals surface area contributed by atoms with Crippen LogP contribution in [0.4, 0.5) is 0 Å². The van der Waals surface area contributed by atoms with Gasteiger partial charge < -0.3 is 9.84 Å². The predicted octanol–water partition coefficient (Wildman–Crippen LogP) is 2.04. The van der Waals surface area contributed by atoms with Crippen molar-refractivity contribution in [3.8, 4) is 0 Å². The fourth-order valence-electron chi connectivity index (χ4n) is 2.30. The SMILES string of the molecule is OCc1cnc2c(c1)c(Br)nn2C1CCOCC1. The number of aromatic nitrogens is 3. The van der Waals surface area contributed by atoms with E-state index in [9.17, 15) is 0 Å². The molecular weight excluding hydrogens is 298 g/mol. The Morgan fingerprint density at radius 2 is 2.22 bits per heavy atom. The third kappa shape index (κ3) is 2.04. The molecule has 18 heavy (non-hydrogen) atoms. The van der Waals surface area contributed by atoms with Crippen LogP contribution < -0.4 is 0 Å². The summed E-state index contributed by atoms with van der Waals surface area (Å²) in [6.45, 7) is 1.55. The van der Waals surface area contributed by atoms with Crippen LogP contribution in [0.5, 0.6) is 0 Å². The first-order chi connectivity index (χ1) is 8.79. The lowest BCUT2D eigenvalue weighted by molar-refractivity contribution is 0.0672. The van der Waals surface area contributed by atoms with Crippen molar-refractivity contribution in [3.63, 3.8) is 0 Å².